The van der Waals surface area contributed by atoms with Crippen LogP contribution in [-0.2, 0) is 11.3 Å². The van der Waals surface area contributed by atoms with Gasteiger partial charge in [-0.3, -0.25) is 0 Å². The minimum Gasteiger partial charge on any atom is -0.464 e. The number of hydrogen-bond donors (Lipinski definition) is 1. The van der Waals surface area contributed by atoms with Crippen molar-refractivity contribution in [2.45, 2.75) is 26.4 Å². The quantitative estimate of drug-likeness (QED) is 0.837. The molecule has 128 valence electrons. The van der Waals surface area contributed by atoms with Crippen LogP contribution in [0.1, 0.15) is 29.3 Å². The third-order valence-electron chi connectivity index (χ3n) is 3.25. The van der Waals surface area contributed by atoms with Crippen molar-refractivity contribution in [1.82, 2.24) is 9.88 Å². The molecule has 2 aromatic rings. The molecule has 2 rings (SSSR count). The molecule has 0 aliphatic carbocycles. The molecule has 8 heteroatoms. The number of halogens is 1. The SMILES string of the molecule is COC(=O)c1csc(CN(C(=O)Nc2ccccc2F)C(C)C)n1. The molecule has 0 radical (unpaired) electrons. The van der Waals surface area contributed by atoms with Crippen LogP contribution in [0.3, 0.4) is 0 Å². The molecule has 1 aromatic carbocycles. The van der Waals surface area contributed by atoms with Crippen LogP contribution < -0.4 is 5.32 Å². The number of carbonyl (C=O) groups excluding carboxylic acids is 2. The molecule has 0 bridgehead atoms. The molecular weight excluding hydrogens is 333 g/mol. The van der Waals surface area contributed by atoms with E-state index >= 15 is 0 Å². The Morgan fingerprint density at radius 1 is 1.38 bits per heavy atom. The molecule has 1 heterocycles. The summed E-state index contributed by atoms with van der Waals surface area (Å²) in [6, 6.07) is 5.38. The van der Waals surface area contributed by atoms with Gasteiger partial charge in [-0.1, -0.05) is 12.1 Å². The number of anilines is 1. The summed E-state index contributed by atoms with van der Waals surface area (Å²) in [5.41, 5.74) is 0.318. The van der Waals surface area contributed by atoms with Gasteiger partial charge in [-0.2, -0.15) is 0 Å². The first-order chi connectivity index (χ1) is 11.4. The second-order valence-corrected chi connectivity index (χ2v) is 6.19. The van der Waals surface area contributed by atoms with E-state index in [-0.39, 0.29) is 24.0 Å². The lowest BCUT2D eigenvalue weighted by Gasteiger charge is -2.26. The summed E-state index contributed by atoms with van der Waals surface area (Å²) in [4.78, 5) is 29.6. The smallest absolute Gasteiger partial charge is 0.357 e. The summed E-state index contributed by atoms with van der Waals surface area (Å²) >= 11 is 1.26. The molecule has 0 fully saturated rings. The third kappa shape index (κ3) is 4.29. The number of nitrogens with zero attached hydrogens (tertiary/aromatic N) is 2. The number of thiazole rings is 1. The number of hydrogen-bond acceptors (Lipinski definition) is 5. The largest absolute Gasteiger partial charge is 0.464 e. The fourth-order valence-corrected chi connectivity index (χ4v) is 2.73. The van der Waals surface area contributed by atoms with E-state index in [1.165, 1.54) is 35.5 Å². The van der Waals surface area contributed by atoms with Crippen molar-refractivity contribution < 1.29 is 18.7 Å². The van der Waals surface area contributed by atoms with Gasteiger partial charge in [0.05, 0.1) is 19.3 Å². The van der Waals surface area contributed by atoms with E-state index in [0.717, 1.165) is 0 Å². The molecule has 24 heavy (non-hydrogen) atoms. The van der Waals surface area contributed by atoms with Crippen LogP contribution in [0.2, 0.25) is 0 Å². The molecule has 0 aliphatic rings. The van der Waals surface area contributed by atoms with E-state index in [1.807, 2.05) is 13.8 Å². The maximum atomic E-state index is 13.7. The predicted octanol–water partition coefficient (Wildman–Crippen LogP) is 3.51. The van der Waals surface area contributed by atoms with Gasteiger partial charge in [0, 0.05) is 11.4 Å². The molecule has 6 nitrogen and oxygen atoms in total. The maximum Gasteiger partial charge on any atom is 0.357 e. The number of amides is 2. The molecule has 0 saturated carbocycles. The molecule has 0 atom stereocenters. The van der Waals surface area contributed by atoms with Crippen LogP contribution in [0, 0.1) is 5.82 Å². The average Bonchev–Trinajstić information content (AvgIpc) is 3.02. The molecule has 0 aliphatic heterocycles. The highest BCUT2D eigenvalue weighted by atomic mass is 32.1. The second kappa shape index (κ2) is 7.87. The van der Waals surface area contributed by atoms with Crippen molar-refractivity contribution in [2.24, 2.45) is 0 Å². The standard InChI is InChI=1S/C16H18FN3O3S/c1-10(2)20(8-14-18-13(9-24-14)15(21)23-3)16(22)19-12-7-5-4-6-11(12)17/h4-7,9-10H,8H2,1-3H3,(H,19,22). The fourth-order valence-electron chi connectivity index (χ4n) is 1.97. The Balaban J connectivity index is 2.11. The van der Waals surface area contributed by atoms with E-state index < -0.39 is 17.8 Å². The van der Waals surface area contributed by atoms with Gasteiger partial charge in [-0.15, -0.1) is 11.3 Å². The predicted molar refractivity (Wildman–Crippen MR) is 89.6 cm³/mol. The normalized spacial score (nSPS) is 10.5. The van der Waals surface area contributed by atoms with Crippen molar-refractivity contribution in [3.8, 4) is 0 Å². The van der Waals surface area contributed by atoms with Gasteiger partial charge in [0.15, 0.2) is 5.69 Å². The Morgan fingerprint density at radius 2 is 2.08 bits per heavy atom. The van der Waals surface area contributed by atoms with Crippen molar-refractivity contribution in [3.63, 3.8) is 0 Å². The van der Waals surface area contributed by atoms with Gasteiger partial charge in [0.1, 0.15) is 10.8 Å². The van der Waals surface area contributed by atoms with Crippen LogP contribution in [0.15, 0.2) is 29.6 Å². The number of aromatic nitrogens is 1. The summed E-state index contributed by atoms with van der Waals surface area (Å²) < 4.78 is 18.3. The third-order valence-corrected chi connectivity index (χ3v) is 4.09. The fraction of sp³-hybridized carbons (Fsp3) is 0.312. The van der Waals surface area contributed by atoms with Crippen LogP contribution in [-0.4, -0.2) is 35.0 Å². The van der Waals surface area contributed by atoms with Crippen molar-refractivity contribution in [3.05, 3.63) is 46.2 Å². The number of benzene rings is 1. The zero-order valence-corrected chi connectivity index (χ0v) is 14.4. The summed E-state index contributed by atoms with van der Waals surface area (Å²) in [6.45, 7) is 3.89. The number of methoxy groups -OCH3 is 1. The summed E-state index contributed by atoms with van der Waals surface area (Å²) in [6.07, 6.45) is 0. The molecule has 1 aromatic heterocycles. The van der Waals surface area contributed by atoms with Gasteiger partial charge in [0.25, 0.3) is 0 Å². The number of urea groups is 1. The van der Waals surface area contributed by atoms with Crippen molar-refractivity contribution in [1.29, 1.82) is 0 Å². The molecule has 0 spiro atoms. The van der Waals surface area contributed by atoms with E-state index in [2.05, 4.69) is 15.0 Å². The number of rotatable bonds is 5. The Labute approximate surface area is 143 Å². The van der Waals surface area contributed by atoms with Gasteiger partial charge < -0.3 is 15.0 Å². The van der Waals surface area contributed by atoms with Gasteiger partial charge in [0.2, 0.25) is 0 Å². The first kappa shape index (κ1) is 17.9. The first-order valence-electron chi connectivity index (χ1n) is 7.27. The lowest BCUT2D eigenvalue weighted by atomic mass is 10.3. The minimum absolute atomic E-state index is 0.113. The van der Waals surface area contributed by atoms with Crippen molar-refractivity contribution in [2.75, 3.05) is 12.4 Å². The molecule has 0 unspecified atom stereocenters. The summed E-state index contributed by atoms with van der Waals surface area (Å²) in [5.74, 6) is -1.03. The molecule has 1 N–H and O–H groups in total. The first-order valence-corrected chi connectivity index (χ1v) is 8.15. The van der Waals surface area contributed by atoms with Crippen LogP contribution in [0.25, 0.3) is 0 Å². The van der Waals surface area contributed by atoms with E-state index in [4.69, 9.17) is 0 Å². The van der Waals surface area contributed by atoms with Crippen LogP contribution in [0.4, 0.5) is 14.9 Å². The van der Waals surface area contributed by atoms with Gasteiger partial charge in [-0.05, 0) is 26.0 Å². The molecule has 0 saturated heterocycles. The topological polar surface area (TPSA) is 71.5 Å². The lowest BCUT2D eigenvalue weighted by Crippen LogP contribution is -2.39. The monoisotopic (exact) mass is 351 g/mol. The Bertz CT molecular complexity index is 733. The Kier molecular flexibility index (Phi) is 5.86. The number of esters is 1. The van der Waals surface area contributed by atoms with E-state index in [9.17, 15) is 14.0 Å². The highest BCUT2D eigenvalue weighted by Gasteiger charge is 2.21. The minimum atomic E-state index is -0.524. The van der Waals surface area contributed by atoms with Gasteiger partial charge >= 0.3 is 12.0 Å². The number of nitrogens with one attached hydrogen (secondary N) is 1. The van der Waals surface area contributed by atoms with Crippen LogP contribution >= 0.6 is 11.3 Å². The Morgan fingerprint density at radius 3 is 2.71 bits per heavy atom. The molecular formula is C16H18FN3O3S. The lowest BCUT2D eigenvalue weighted by molar-refractivity contribution is 0.0594. The average molecular weight is 351 g/mol. The van der Waals surface area contributed by atoms with E-state index in [1.54, 1.807) is 17.5 Å². The Hall–Kier alpha value is -2.48. The highest BCUT2D eigenvalue weighted by molar-refractivity contribution is 7.09. The number of para-hydroxylation sites is 1. The zero-order chi connectivity index (χ0) is 17.7. The molecule has 2 amide bonds. The van der Waals surface area contributed by atoms with Crippen LogP contribution in [0.5, 0.6) is 0 Å². The highest BCUT2D eigenvalue weighted by Crippen LogP contribution is 2.18. The maximum absolute atomic E-state index is 13.7. The zero-order valence-electron chi connectivity index (χ0n) is 13.6. The number of ether oxygens (including phenoxy) is 1. The van der Waals surface area contributed by atoms with E-state index in [0.29, 0.717) is 5.01 Å². The van der Waals surface area contributed by atoms with Gasteiger partial charge in [-0.25, -0.2) is 19.0 Å². The summed E-state index contributed by atoms with van der Waals surface area (Å²) in [7, 11) is 1.28. The second-order valence-electron chi connectivity index (χ2n) is 5.25. The number of carbonyl (C=O) groups is 2. The summed E-state index contributed by atoms with van der Waals surface area (Å²) in [5, 5.41) is 4.72. The van der Waals surface area contributed by atoms with Crippen molar-refractivity contribution >= 4 is 29.0 Å².